The van der Waals surface area contributed by atoms with Gasteiger partial charge in [0.2, 0.25) is 0 Å². The first-order valence-electron chi connectivity index (χ1n) is 5.91. The quantitative estimate of drug-likeness (QED) is 0.736. The summed E-state index contributed by atoms with van der Waals surface area (Å²) in [6, 6.07) is 8.45. The minimum atomic E-state index is 0.484. The standard InChI is InChI=1S/C14H19BrO/c1-4-16-11-7-5-10(6-8-11)13(15)12-9-14(12,2)3/h5-8,12-13H,4,9H2,1-3H3. The summed E-state index contributed by atoms with van der Waals surface area (Å²) in [6.07, 6.45) is 1.32. The lowest BCUT2D eigenvalue weighted by Crippen LogP contribution is -1.99. The summed E-state index contributed by atoms with van der Waals surface area (Å²) in [5.41, 5.74) is 1.87. The second kappa shape index (κ2) is 4.40. The number of rotatable bonds is 4. The topological polar surface area (TPSA) is 9.23 Å². The lowest BCUT2D eigenvalue weighted by molar-refractivity contribution is 0.340. The van der Waals surface area contributed by atoms with Gasteiger partial charge in [0.1, 0.15) is 5.75 Å². The highest BCUT2D eigenvalue weighted by atomic mass is 79.9. The van der Waals surface area contributed by atoms with Crippen LogP contribution >= 0.6 is 15.9 Å². The predicted molar refractivity (Wildman–Crippen MR) is 71.2 cm³/mol. The number of hydrogen-bond donors (Lipinski definition) is 0. The fraction of sp³-hybridized carbons (Fsp3) is 0.571. The molecule has 1 aliphatic rings. The van der Waals surface area contributed by atoms with Crippen molar-refractivity contribution in [2.45, 2.75) is 32.0 Å². The second-order valence-corrected chi connectivity index (χ2v) is 6.19. The molecule has 88 valence electrons. The fourth-order valence-electron chi connectivity index (χ4n) is 2.15. The van der Waals surface area contributed by atoms with E-state index < -0.39 is 0 Å². The second-order valence-electron chi connectivity index (χ2n) is 5.20. The van der Waals surface area contributed by atoms with Crippen molar-refractivity contribution < 1.29 is 4.74 Å². The van der Waals surface area contributed by atoms with E-state index in [-0.39, 0.29) is 0 Å². The van der Waals surface area contributed by atoms with Crippen molar-refractivity contribution >= 4 is 15.9 Å². The average Bonchev–Trinajstić information content (AvgIpc) is 2.88. The maximum atomic E-state index is 5.44. The molecule has 1 fully saturated rings. The Balaban J connectivity index is 2.04. The third-order valence-corrected chi connectivity index (χ3v) is 4.62. The van der Waals surface area contributed by atoms with Gasteiger partial charge in [-0.3, -0.25) is 0 Å². The van der Waals surface area contributed by atoms with E-state index in [1.807, 2.05) is 6.92 Å². The lowest BCUT2D eigenvalue weighted by atomic mass is 10.0. The number of alkyl halides is 1. The van der Waals surface area contributed by atoms with Crippen LogP contribution in [0.1, 0.15) is 37.6 Å². The molecule has 0 bridgehead atoms. The summed E-state index contributed by atoms with van der Waals surface area (Å²) in [5, 5.41) is 0. The highest BCUT2D eigenvalue weighted by molar-refractivity contribution is 9.09. The van der Waals surface area contributed by atoms with E-state index in [9.17, 15) is 0 Å². The van der Waals surface area contributed by atoms with Crippen molar-refractivity contribution in [3.05, 3.63) is 29.8 Å². The third-order valence-electron chi connectivity index (χ3n) is 3.45. The van der Waals surface area contributed by atoms with Gasteiger partial charge in [-0.05, 0) is 42.4 Å². The van der Waals surface area contributed by atoms with Crippen LogP contribution in [-0.4, -0.2) is 6.61 Å². The van der Waals surface area contributed by atoms with Crippen molar-refractivity contribution in [1.29, 1.82) is 0 Å². The molecule has 16 heavy (non-hydrogen) atoms. The summed E-state index contributed by atoms with van der Waals surface area (Å²) >= 11 is 3.81. The number of ether oxygens (including phenoxy) is 1. The first-order valence-corrected chi connectivity index (χ1v) is 6.83. The Kier molecular flexibility index (Phi) is 3.29. The van der Waals surface area contributed by atoms with E-state index in [0.29, 0.717) is 10.2 Å². The van der Waals surface area contributed by atoms with Gasteiger partial charge in [-0.1, -0.05) is 41.9 Å². The summed E-state index contributed by atoms with van der Waals surface area (Å²) < 4.78 is 5.44. The average molecular weight is 283 g/mol. The van der Waals surface area contributed by atoms with E-state index in [1.165, 1.54) is 12.0 Å². The monoisotopic (exact) mass is 282 g/mol. The third kappa shape index (κ3) is 2.42. The predicted octanol–water partition coefficient (Wildman–Crippen LogP) is 4.57. The Hall–Kier alpha value is -0.500. The summed E-state index contributed by atoms with van der Waals surface area (Å²) in [5.74, 6) is 1.73. The van der Waals surface area contributed by atoms with Gasteiger partial charge in [-0.25, -0.2) is 0 Å². The Labute approximate surface area is 106 Å². The zero-order valence-electron chi connectivity index (χ0n) is 10.2. The Morgan fingerprint density at radius 1 is 1.38 bits per heavy atom. The molecule has 0 heterocycles. The van der Waals surface area contributed by atoms with Crippen LogP contribution in [0, 0.1) is 11.3 Å². The van der Waals surface area contributed by atoms with Crippen molar-refractivity contribution in [2.24, 2.45) is 11.3 Å². The van der Waals surface area contributed by atoms with E-state index in [0.717, 1.165) is 18.3 Å². The van der Waals surface area contributed by atoms with Crippen LogP contribution in [0.2, 0.25) is 0 Å². The van der Waals surface area contributed by atoms with Crippen LogP contribution in [0.25, 0.3) is 0 Å². The zero-order chi connectivity index (χ0) is 11.8. The van der Waals surface area contributed by atoms with Crippen LogP contribution in [0.4, 0.5) is 0 Å². The molecule has 0 spiro atoms. The molecule has 0 amide bonds. The molecule has 0 N–H and O–H groups in total. The SMILES string of the molecule is CCOc1ccc(C(Br)C2CC2(C)C)cc1. The molecule has 1 saturated carbocycles. The molecule has 0 saturated heterocycles. The first-order chi connectivity index (χ1) is 7.54. The molecule has 2 atom stereocenters. The van der Waals surface area contributed by atoms with E-state index in [2.05, 4.69) is 54.0 Å². The van der Waals surface area contributed by atoms with Crippen LogP contribution in [0.5, 0.6) is 5.75 Å². The Morgan fingerprint density at radius 2 is 1.94 bits per heavy atom. The molecular weight excluding hydrogens is 264 g/mol. The first kappa shape index (κ1) is 12.0. The molecule has 1 aliphatic carbocycles. The normalized spacial score (nSPS) is 23.9. The molecule has 1 aromatic carbocycles. The Bertz CT molecular complexity index is 356. The Morgan fingerprint density at radius 3 is 2.38 bits per heavy atom. The minimum Gasteiger partial charge on any atom is -0.494 e. The van der Waals surface area contributed by atoms with Gasteiger partial charge >= 0.3 is 0 Å². The van der Waals surface area contributed by atoms with Gasteiger partial charge in [0.25, 0.3) is 0 Å². The molecule has 2 heteroatoms. The molecule has 0 aromatic heterocycles. The number of hydrogen-bond acceptors (Lipinski definition) is 1. The largest absolute Gasteiger partial charge is 0.494 e. The van der Waals surface area contributed by atoms with Crippen LogP contribution in [-0.2, 0) is 0 Å². The van der Waals surface area contributed by atoms with Gasteiger partial charge in [0.05, 0.1) is 6.61 Å². The highest BCUT2D eigenvalue weighted by Crippen LogP contribution is 2.60. The van der Waals surface area contributed by atoms with Crippen LogP contribution in [0.3, 0.4) is 0 Å². The van der Waals surface area contributed by atoms with Gasteiger partial charge in [-0.15, -0.1) is 0 Å². The number of halogens is 1. The van der Waals surface area contributed by atoms with Crippen LogP contribution < -0.4 is 4.74 Å². The smallest absolute Gasteiger partial charge is 0.119 e. The van der Waals surface area contributed by atoms with Gasteiger partial charge in [0, 0.05) is 4.83 Å². The van der Waals surface area contributed by atoms with Gasteiger partial charge < -0.3 is 4.74 Å². The summed E-state index contributed by atoms with van der Waals surface area (Å²) in [4.78, 5) is 0.484. The van der Waals surface area contributed by atoms with Crippen LogP contribution in [0.15, 0.2) is 24.3 Å². The highest BCUT2D eigenvalue weighted by Gasteiger charge is 2.49. The lowest BCUT2D eigenvalue weighted by Gasteiger charge is -2.12. The molecular formula is C14H19BrO. The molecule has 1 aromatic rings. The van der Waals surface area contributed by atoms with E-state index in [1.54, 1.807) is 0 Å². The molecule has 2 unspecified atom stereocenters. The van der Waals surface area contributed by atoms with Crippen molar-refractivity contribution in [3.63, 3.8) is 0 Å². The van der Waals surface area contributed by atoms with Crippen molar-refractivity contribution in [3.8, 4) is 5.75 Å². The van der Waals surface area contributed by atoms with E-state index >= 15 is 0 Å². The number of benzene rings is 1. The van der Waals surface area contributed by atoms with Gasteiger partial charge in [0.15, 0.2) is 0 Å². The minimum absolute atomic E-state index is 0.484. The fourth-order valence-corrected chi connectivity index (χ4v) is 3.36. The zero-order valence-corrected chi connectivity index (χ0v) is 11.8. The molecule has 0 aliphatic heterocycles. The molecule has 1 nitrogen and oxygen atoms in total. The summed E-state index contributed by atoms with van der Waals surface area (Å²) in [6.45, 7) is 7.40. The maximum Gasteiger partial charge on any atom is 0.119 e. The molecule has 2 rings (SSSR count). The van der Waals surface area contributed by atoms with Crippen molar-refractivity contribution in [2.75, 3.05) is 6.61 Å². The van der Waals surface area contributed by atoms with Gasteiger partial charge in [-0.2, -0.15) is 0 Å². The maximum absolute atomic E-state index is 5.44. The summed E-state index contributed by atoms with van der Waals surface area (Å²) in [7, 11) is 0. The van der Waals surface area contributed by atoms with Crippen molar-refractivity contribution in [1.82, 2.24) is 0 Å². The molecule has 0 radical (unpaired) electrons. The van der Waals surface area contributed by atoms with E-state index in [4.69, 9.17) is 4.74 Å².